The molecule has 1 aromatic carbocycles. The van der Waals surface area contributed by atoms with E-state index in [9.17, 15) is 18.0 Å². The molecule has 9 heteroatoms. The van der Waals surface area contributed by atoms with Crippen molar-refractivity contribution in [3.63, 3.8) is 0 Å². The quantitative estimate of drug-likeness (QED) is 0.717. The first-order valence-corrected chi connectivity index (χ1v) is 8.35. The van der Waals surface area contributed by atoms with Crippen LogP contribution in [0.5, 0.6) is 5.75 Å². The maximum absolute atomic E-state index is 13.0. The third-order valence-corrected chi connectivity index (χ3v) is 4.31. The van der Waals surface area contributed by atoms with Gasteiger partial charge >= 0.3 is 6.18 Å². The molecule has 27 heavy (non-hydrogen) atoms. The smallest absolute Gasteiger partial charge is 0.416 e. The van der Waals surface area contributed by atoms with Crippen molar-refractivity contribution in [2.45, 2.75) is 19.1 Å². The summed E-state index contributed by atoms with van der Waals surface area (Å²) in [6, 6.07) is 2.99. The Balaban J connectivity index is 2.00. The van der Waals surface area contributed by atoms with Crippen LogP contribution in [0.4, 0.5) is 13.2 Å². The van der Waals surface area contributed by atoms with Crippen LogP contribution in [0.3, 0.4) is 0 Å². The van der Waals surface area contributed by atoms with Crippen molar-refractivity contribution in [3.8, 4) is 16.9 Å². The maximum atomic E-state index is 13.0. The minimum atomic E-state index is -4.53. The van der Waals surface area contributed by atoms with Crippen molar-refractivity contribution in [1.82, 2.24) is 9.55 Å². The second-order valence-corrected chi connectivity index (χ2v) is 6.25. The first-order valence-electron chi connectivity index (χ1n) is 8.35. The van der Waals surface area contributed by atoms with Crippen molar-refractivity contribution in [2.24, 2.45) is 5.92 Å². The van der Waals surface area contributed by atoms with E-state index in [1.54, 1.807) is 0 Å². The van der Waals surface area contributed by atoms with Crippen molar-refractivity contribution >= 4 is 0 Å². The maximum Gasteiger partial charge on any atom is 0.416 e. The Morgan fingerprint density at radius 2 is 2.15 bits per heavy atom. The lowest BCUT2D eigenvalue weighted by molar-refractivity contribution is -0.137. The standard InChI is InChI=1S/C18H19F3N2O4/c1-25-11-27-16-6-13(18(19,20)21)2-3-14(16)15-7-22-10-23(17(15)24)8-12-4-5-26-9-12/h2-3,6-7,10,12H,4-5,8-9,11H2,1H3/t12-/m1/s1. The zero-order valence-corrected chi connectivity index (χ0v) is 14.7. The molecule has 0 amide bonds. The average Bonchev–Trinajstić information content (AvgIpc) is 3.14. The van der Waals surface area contributed by atoms with Gasteiger partial charge in [-0.05, 0) is 24.6 Å². The molecule has 1 saturated heterocycles. The van der Waals surface area contributed by atoms with Crippen LogP contribution in [-0.2, 0) is 22.2 Å². The molecule has 0 bridgehead atoms. The molecular formula is C18H19F3N2O4. The molecule has 6 nitrogen and oxygen atoms in total. The molecular weight excluding hydrogens is 365 g/mol. The first kappa shape index (κ1) is 19.4. The fourth-order valence-electron chi connectivity index (χ4n) is 2.93. The van der Waals surface area contributed by atoms with E-state index in [4.69, 9.17) is 14.2 Å². The fourth-order valence-corrected chi connectivity index (χ4v) is 2.93. The van der Waals surface area contributed by atoms with Crippen LogP contribution in [0.1, 0.15) is 12.0 Å². The average molecular weight is 384 g/mol. The van der Waals surface area contributed by atoms with E-state index in [0.717, 1.165) is 18.6 Å². The number of aromatic nitrogens is 2. The molecule has 1 aliphatic heterocycles. The number of hydrogen-bond donors (Lipinski definition) is 0. The largest absolute Gasteiger partial charge is 0.467 e. The molecule has 1 fully saturated rings. The molecule has 1 atom stereocenters. The van der Waals surface area contributed by atoms with Crippen LogP contribution in [-0.4, -0.2) is 36.7 Å². The number of nitrogens with zero attached hydrogens (tertiary/aromatic N) is 2. The second-order valence-electron chi connectivity index (χ2n) is 6.25. The summed E-state index contributed by atoms with van der Waals surface area (Å²) in [4.78, 5) is 16.9. The normalized spacial score (nSPS) is 17.3. The van der Waals surface area contributed by atoms with Gasteiger partial charge in [-0.1, -0.05) is 0 Å². The Labute approximate surface area is 153 Å². The number of hydrogen-bond acceptors (Lipinski definition) is 5. The summed E-state index contributed by atoms with van der Waals surface area (Å²) in [6.07, 6.45) is -0.934. The van der Waals surface area contributed by atoms with Gasteiger partial charge in [0.05, 0.1) is 24.1 Å². The van der Waals surface area contributed by atoms with Gasteiger partial charge in [-0.2, -0.15) is 13.2 Å². The number of rotatable bonds is 6. The van der Waals surface area contributed by atoms with Crippen LogP contribution in [0, 0.1) is 5.92 Å². The summed E-state index contributed by atoms with van der Waals surface area (Å²) in [7, 11) is 1.36. The molecule has 1 aromatic heterocycles. The molecule has 2 heterocycles. The lowest BCUT2D eigenvalue weighted by Crippen LogP contribution is -2.25. The van der Waals surface area contributed by atoms with Crippen molar-refractivity contribution in [3.05, 3.63) is 46.6 Å². The molecule has 0 unspecified atom stereocenters. The highest BCUT2D eigenvalue weighted by Gasteiger charge is 2.31. The van der Waals surface area contributed by atoms with Crippen molar-refractivity contribution in [1.29, 1.82) is 0 Å². The number of ether oxygens (including phenoxy) is 3. The lowest BCUT2D eigenvalue weighted by Gasteiger charge is -2.15. The monoisotopic (exact) mass is 384 g/mol. The zero-order chi connectivity index (χ0) is 19.4. The van der Waals surface area contributed by atoms with Gasteiger partial charge in [0, 0.05) is 37.9 Å². The molecule has 146 valence electrons. The second kappa shape index (κ2) is 8.10. The van der Waals surface area contributed by atoms with Gasteiger partial charge in [-0.3, -0.25) is 9.36 Å². The summed E-state index contributed by atoms with van der Waals surface area (Å²) >= 11 is 0. The third-order valence-electron chi connectivity index (χ3n) is 4.31. The van der Waals surface area contributed by atoms with Crippen LogP contribution < -0.4 is 10.3 Å². The van der Waals surface area contributed by atoms with Crippen LogP contribution in [0.15, 0.2) is 35.5 Å². The van der Waals surface area contributed by atoms with E-state index in [2.05, 4.69) is 4.98 Å². The SMILES string of the molecule is COCOc1cc(C(F)(F)F)ccc1-c1cncn(C[C@H]2CCOC2)c1=O. The van der Waals surface area contributed by atoms with Gasteiger partial charge in [-0.15, -0.1) is 0 Å². The summed E-state index contributed by atoms with van der Waals surface area (Å²) in [5.41, 5.74) is -0.825. The van der Waals surface area contributed by atoms with Gasteiger partial charge < -0.3 is 14.2 Å². The summed E-state index contributed by atoms with van der Waals surface area (Å²) in [6.45, 7) is 1.41. The van der Waals surface area contributed by atoms with E-state index in [1.165, 1.54) is 30.3 Å². The fraction of sp³-hybridized carbons (Fsp3) is 0.444. The van der Waals surface area contributed by atoms with Gasteiger partial charge in [-0.25, -0.2) is 4.98 Å². The molecule has 2 aromatic rings. The number of benzene rings is 1. The summed E-state index contributed by atoms with van der Waals surface area (Å²) in [5, 5.41) is 0. The van der Waals surface area contributed by atoms with Crippen LogP contribution >= 0.6 is 0 Å². The highest BCUT2D eigenvalue weighted by molar-refractivity contribution is 5.69. The number of methoxy groups -OCH3 is 1. The van der Waals surface area contributed by atoms with E-state index in [0.29, 0.717) is 19.8 Å². The molecule has 1 aliphatic rings. The lowest BCUT2D eigenvalue weighted by atomic mass is 10.0. The van der Waals surface area contributed by atoms with Crippen LogP contribution in [0.2, 0.25) is 0 Å². The van der Waals surface area contributed by atoms with Crippen molar-refractivity contribution in [2.75, 3.05) is 27.1 Å². The predicted octanol–water partition coefficient (Wildman–Crippen LogP) is 2.95. The first-order chi connectivity index (χ1) is 12.9. The van der Waals surface area contributed by atoms with E-state index in [1.807, 2.05) is 0 Å². The van der Waals surface area contributed by atoms with E-state index in [-0.39, 0.29) is 35.1 Å². The summed E-state index contributed by atoms with van der Waals surface area (Å²) in [5.74, 6) is 0.115. The molecule has 0 saturated carbocycles. The Morgan fingerprint density at radius 3 is 2.81 bits per heavy atom. The minimum absolute atomic E-state index is 0.0903. The Morgan fingerprint density at radius 1 is 1.33 bits per heavy atom. The number of halogens is 3. The van der Waals surface area contributed by atoms with Gasteiger partial charge in [0.25, 0.3) is 5.56 Å². The highest BCUT2D eigenvalue weighted by Crippen LogP contribution is 2.36. The van der Waals surface area contributed by atoms with Gasteiger partial charge in [0.1, 0.15) is 5.75 Å². The minimum Gasteiger partial charge on any atom is -0.467 e. The molecule has 0 spiro atoms. The zero-order valence-electron chi connectivity index (χ0n) is 14.7. The number of alkyl halides is 3. The third kappa shape index (κ3) is 4.48. The summed E-state index contributed by atoms with van der Waals surface area (Å²) < 4.78 is 55.9. The molecule has 0 N–H and O–H groups in total. The van der Waals surface area contributed by atoms with Crippen LogP contribution in [0.25, 0.3) is 11.1 Å². The topological polar surface area (TPSA) is 62.6 Å². The molecule has 0 aliphatic carbocycles. The van der Waals surface area contributed by atoms with Crippen molar-refractivity contribution < 1.29 is 27.4 Å². The van der Waals surface area contributed by atoms with E-state index < -0.39 is 11.7 Å². The van der Waals surface area contributed by atoms with Gasteiger partial charge in [0.2, 0.25) is 0 Å². The Hall–Kier alpha value is -2.39. The Kier molecular flexibility index (Phi) is 5.81. The predicted molar refractivity (Wildman–Crippen MR) is 90.4 cm³/mol. The molecule has 0 radical (unpaired) electrons. The molecule has 3 rings (SSSR count). The van der Waals surface area contributed by atoms with E-state index >= 15 is 0 Å². The van der Waals surface area contributed by atoms with Gasteiger partial charge in [0.15, 0.2) is 6.79 Å². The highest BCUT2D eigenvalue weighted by atomic mass is 19.4. The Bertz CT molecular complexity index is 845.